The number of cyclic esters (lactones) is 1. The van der Waals surface area contributed by atoms with Gasteiger partial charge in [-0.1, -0.05) is 31.5 Å². The van der Waals surface area contributed by atoms with Crippen LogP contribution in [-0.2, 0) is 14.6 Å². The van der Waals surface area contributed by atoms with Crippen molar-refractivity contribution in [3.05, 3.63) is 29.8 Å². The zero-order valence-electron chi connectivity index (χ0n) is 16.1. The molecule has 0 bridgehead atoms. The molecule has 1 saturated heterocycles. The predicted molar refractivity (Wildman–Crippen MR) is 102 cm³/mol. The second-order valence-corrected chi connectivity index (χ2v) is 9.54. The molecule has 1 aromatic carbocycles. The lowest BCUT2D eigenvalue weighted by molar-refractivity contribution is 0.117. The lowest BCUT2D eigenvalue weighted by Gasteiger charge is -2.20. The fourth-order valence-corrected chi connectivity index (χ4v) is 4.44. The summed E-state index contributed by atoms with van der Waals surface area (Å²) in [4.78, 5) is 15.7. The second-order valence-electron chi connectivity index (χ2n) is 7.58. The summed E-state index contributed by atoms with van der Waals surface area (Å²) in [7, 11) is -1.66. The van der Waals surface area contributed by atoms with E-state index in [1.807, 2.05) is 6.92 Å². The third-order valence-electron chi connectivity index (χ3n) is 4.44. The average molecular weight is 383 g/mol. The summed E-state index contributed by atoms with van der Waals surface area (Å²) in [5, 5.41) is 0. The van der Waals surface area contributed by atoms with Crippen LogP contribution in [0.4, 0.5) is 4.79 Å². The minimum absolute atomic E-state index is 0.0997. The molecule has 26 heavy (non-hydrogen) atoms. The number of hydrogen-bond donors (Lipinski definition) is 0. The Morgan fingerprint density at radius 3 is 2.54 bits per heavy atom. The maximum absolute atomic E-state index is 12.5. The van der Waals surface area contributed by atoms with Crippen LogP contribution in [0.2, 0.25) is 0 Å². The van der Waals surface area contributed by atoms with Crippen LogP contribution in [0.3, 0.4) is 0 Å². The molecule has 2 rings (SSSR count). The van der Waals surface area contributed by atoms with Gasteiger partial charge in [0, 0.05) is 13.1 Å². The van der Waals surface area contributed by atoms with E-state index in [2.05, 4.69) is 13.8 Å². The van der Waals surface area contributed by atoms with Gasteiger partial charge in [0.2, 0.25) is 0 Å². The Bertz CT molecular complexity index is 701. The number of ether oxygens (including phenoxy) is 1. The summed E-state index contributed by atoms with van der Waals surface area (Å²) in [6.45, 7) is 7.86. The van der Waals surface area contributed by atoms with Crippen LogP contribution >= 0.6 is 0 Å². The highest BCUT2D eigenvalue weighted by atomic mass is 32.2. The largest absolute Gasteiger partial charge is 0.443 e. The third kappa shape index (κ3) is 5.99. The maximum atomic E-state index is 12.5. The van der Waals surface area contributed by atoms with Crippen molar-refractivity contribution in [3.63, 3.8) is 0 Å². The van der Waals surface area contributed by atoms with Gasteiger partial charge in [-0.2, -0.15) is 0 Å². The number of carbonyl (C=O) groups is 1. The normalized spacial score (nSPS) is 18.0. The molecular weight excluding hydrogens is 352 g/mol. The number of likely N-dealkylation sites (N-methyl/N-ethyl adjacent to an activating group) is 1. The first-order chi connectivity index (χ1) is 12.2. The summed E-state index contributed by atoms with van der Waals surface area (Å²) in [6.07, 6.45) is 1.44. The van der Waals surface area contributed by atoms with Crippen molar-refractivity contribution in [2.75, 3.05) is 32.6 Å². The van der Waals surface area contributed by atoms with Crippen molar-refractivity contribution in [2.24, 2.45) is 5.92 Å². The number of benzene rings is 1. The summed E-state index contributed by atoms with van der Waals surface area (Å²) >= 11 is 0. The van der Waals surface area contributed by atoms with E-state index in [-0.39, 0.29) is 18.1 Å². The Morgan fingerprint density at radius 2 is 1.92 bits per heavy atom. The van der Waals surface area contributed by atoms with Crippen molar-refractivity contribution in [2.45, 2.75) is 44.6 Å². The van der Waals surface area contributed by atoms with Gasteiger partial charge < -0.3 is 9.64 Å². The van der Waals surface area contributed by atoms with E-state index in [0.29, 0.717) is 30.4 Å². The van der Waals surface area contributed by atoms with Gasteiger partial charge in [0.1, 0.15) is 12.0 Å². The van der Waals surface area contributed by atoms with Gasteiger partial charge in [0.25, 0.3) is 0 Å². The van der Waals surface area contributed by atoms with Gasteiger partial charge in [-0.05, 0) is 44.9 Å². The smallest absolute Gasteiger partial charge is 0.410 e. The Hall–Kier alpha value is -1.60. The standard InChI is InChI=1S/C19H30N2O4S/c1-15(2)6-5-11-21-13-17(25-19(21)22)12-20(4)14-26(23,24)18-9-7-16(3)8-10-18/h7-10,15,17H,5-6,11-14H2,1-4H3/t17-/m1/s1. The summed E-state index contributed by atoms with van der Waals surface area (Å²) in [6, 6.07) is 6.84. The summed E-state index contributed by atoms with van der Waals surface area (Å²) in [5.41, 5.74) is 1.02. The van der Waals surface area contributed by atoms with Gasteiger partial charge >= 0.3 is 6.09 Å². The lowest BCUT2D eigenvalue weighted by Crippen LogP contribution is -2.35. The molecule has 0 N–H and O–H groups in total. The molecule has 0 radical (unpaired) electrons. The van der Waals surface area contributed by atoms with Gasteiger partial charge in [-0.15, -0.1) is 0 Å². The topological polar surface area (TPSA) is 66.9 Å². The van der Waals surface area contributed by atoms with Crippen LogP contribution in [0.25, 0.3) is 0 Å². The van der Waals surface area contributed by atoms with E-state index in [1.165, 1.54) is 0 Å². The van der Waals surface area contributed by atoms with Crippen LogP contribution in [0.15, 0.2) is 29.2 Å². The molecular formula is C19H30N2O4S. The fourth-order valence-electron chi connectivity index (χ4n) is 3.05. The number of rotatable bonds is 9. The van der Waals surface area contributed by atoms with E-state index < -0.39 is 9.84 Å². The number of nitrogens with zero attached hydrogens (tertiary/aromatic N) is 2. The molecule has 6 nitrogen and oxygen atoms in total. The highest BCUT2D eigenvalue weighted by molar-refractivity contribution is 7.91. The van der Waals surface area contributed by atoms with Crippen LogP contribution in [0.5, 0.6) is 0 Å². The molecule has 1 atom stereocenters. The monoisotopic (exact) mass is 382 g/mol. The van der Waals surface area contributed by atoms with E-state index in [0.717, 1.165) is 18.4 Å². The highest BCUT2D eigenvalue weighted by Crippen LogP contribution is 2.17. The molecule has 0 aliphatic carbocycles. The highest BCUT2D eigenvalue weighted by Gasteiger charge is 2.32. The molecule has 1 aliphatic heterocycles. The Labute approximate surface area is 157 Å². The molecule has 7 heteroatoms. The molecule has 1 fully saturated rings. The molecule has 0 unspecified atom stereocenters. The SMILES string of the molecule is Cc1ccc(S(=O)(=O)CN(C)C[C@@H]2CN(CCCC(C)C)C(=O)O2)cc1. The maximum Gasteiger partial charge on any atom is 0.410 e. The third-order valence-corrected chi connectivity index (χ3v) is 6.22. The Morgan fingerprint density at radius 1 is 1.27 bits per heavy atom. The van der Waals surface area contributed by atoms with E-state index >= 15 is 0 Å². The van der Waals surface area contributed by atoms with Gasteiger partial charge in [0.15, 0.2) is 9.84 Å². The molecule has 0 aromatic heterocycles. The van der Waals surface area contributed by atoms with Crippen LogP contribution in [0.1, 0.15) is 32.3 Å². The molecule has 0 saturated carbocycles. The number of amides is 1. The van der Waals surface area contributed by atoms with E-state index in [1.54, 1.807) is 41.1 Å². The summed E-state index contributed by atoms with van der Waals surface area (Å²) in [5.74, 6) is 0.514. The van der Waals surface area contributed by atoms with Crippen molar-refractivity contribution < 1.29 is 17.9 Å². The first-order valence-electron chi connectivity index (χ1n) is 9.11. The average Bonchev–Trinajstić information content (AvgIpc) is 2.86. The first kappa shape index (κ1) is 20.7. The second kappa shape index (κ2) is 8.86. The fraction of sp³-hybridized carbons (Fsp3) is 0.632. The molecule has 1 amide bonds. The number of carbonyl (C=O) groups excluding carboxylic acids is 1. The Balaban J connectivity index is 1.85. The van der Waals surface area contributed by atoms with Crippen LogP contribution in [-0.4, -0.2) is 63.0 Å². The van der Waals surface area contributed by atoms with E-state index in [4.69, 9.17) is 4.74 Å². The van der Waals surface area contributed by atoms with Crippen molar-refractivity contribution in [1.82, 2.24) is 9.80 Å². The van der Waals surface area contributed by atoms with Crippen molar-refractivity contribution in [3.8, 4) is 0 Å². The molecule has 1 aliphatic rings. The van der Waals surface area contributed by atoms with Crippen molar-refractivity contribution >= 4 is 15.9 Å². The molecule has 146 valence electrons. The zero-order chi connectivity index (χ0) is 19.3. The molecule has 1 aromatic rings. The van der Waals surface area contributed by atoms with Crippen LogP contribution in [0, 0.1) is 12.8 Å². The first-order valence-corrected chi connectivity index (χ1v) is 10.8. The number of aryl methyl sites for hydroxylation is 1. The minimum Gasteiger partial charge on any atom is -0.443 e. The molecule has 1 heterocycles. The van der Waals surface area contributed by atoms with Gasteiger partial charge in [-0.25, -0.2) is 13.2 Å². The van der Waals surface area contributed by atoms with E-state index in [9.17, 15) is 13.2 Å². The quantitative estimate of drug-likeness (QED) is 0.657. The lowest BCUT2D eigenvalue weighted by atomic mass is 10.1. The summed E-state index contributed by atoms with van der Waals surface area (Å²) < 4.78 is 30.4. The number of sulfone groups is 1. The van der Waals surface area contributed by atoms with Gasteiger partial charge in [0.05, 0.1) is 11.4 Å². The van der Waals surface area contributed by atoms with Gasteiger partial charge in [-0.3, -0.25) is 4.90 Å². The number of hydrogen-bond acceptors (Lipinski definition) is 5. The predicted octanol–water partition coefficient (Wildman–Crippen LogP) is 2.92. The Kier molecular flexibility index (Phi) is 7.06. The zero-order valence-corrected chi connectivity index (χ0v) is 17.0. The molecule has 0 spiro atoms. The minimum atomic E-state index is -3.40. The van der Waals surface area contributed by atoms with Crippen LogP contribution < -0.4 is 0 Å². The van der Waals surface area contributed by atoms with Crippen molar-refractivity contribution in [1.29, 1.82) is 0 Å².